The van der Waals surface area contributed by atoms with E-state index in [0.29, 0.717) is 23.1 Å². The maximum absolute atomic E-state index is 13.2. The predicted octanol–water partition coefficient (Wildman–Crippen LogP) is 4.90. The molecule has 0 radical (unpaired) electrons. The molecule has 2 aliphatic rings. The van der Waals surface area contributed by atoms with Crippen molar-refractivity contribution >= 4 is 11.7 Å². The number of nitrogens with zero attached hydrogens (tertiary/aromatic N) is 3. The maximum atomic E-state index is 13.2. The van der Waals surface area contributed by atoms with Gasteiger partial charge in [-0.3, -0.25) is 0 Å². The van der Waals surface area contributed by atoms with Crippen LogP contribution in [0.5, 0.6) is 0 Å². The SMILES string of the molecule is N#Cc1cccc(NC(=O)N2CCCC(CN3CCC[C@@H](Cc4ccc(F)cc4)C3)C2)c1. The quantitative estimate of drug-likeness (QED) is 0.728. The van der Waals surface area contributed by atoms with Gasteiger partial charge in [0.2, 0.25) is 0 Å². The molecule has 32 heavy (non-hydrogen) atoms. The van der Waals surface area contributed by atoms with E-state index in [1.807, 2.05) is 23.1 Å². The molecule has 2 aliphatic heterocycles. The number of rotatable bonds is 5. The van der Waals surface area contributed by atoms with Gasteiger partial charge in [0, 0.05) is 31.9 Å². The Labute approximate surface area is 189 Å². The second kappa shape index (κ2) is 10.6. The predicted molar refractivity (Wildman–Crippen MR) is 124 cm³/mol. The summed E-state index contributed by atoms with van der Waals surface area (Å²) in [6, 6.07) is 16.0. The van der Waals surface area contributed by atoms with Crippen LogP contribution in [-0.4, -0.2) is 48.6 Å². The Kier molecular flexibility index (Phi) is 7.39. The topological polar surface area (TPSA) is 59.4 Å². The first-order valence-electron chi connectivity index (χ1n) is 11.6. The zero-order valence-corrected chi connectivity index (χ0v) is 18.5. The Morgan fingerprint density at radius 2 is 1.84 bits per heavy atom. The van der Waals surface area contributed by atoms with Crippen LogP contribution in [0.15, 0.2) is 48.5 Å². The lowest BCUT2D eigenvalue weighted by Gasteiger charge is -2.38. The molecule has 0 aromatic heterocycles. The van der Waals surface area contributed by atoms with E-state index in [4.69, 9.17) is 5.26 Å². The molecule has 2 heterocycles. The highest BCUT2D eigenvalue weighted by molar-refractivity contribution is 5.89. The van der Waals surface area contributed by atoms with Crippen molar-refractivity contribution in [1.82, 2.24) is 9.80 Å². The molecule has 2 saturated heterocycles. The monoisotopic (exact) mass is 434 g/mol. The lowest BCUT2D eigenvalue weighted by molar-refractivity contribution is 0.115. The van der Waals surface area contributed by atoms with Gasteiger partial charge in [0.1, 0.15) is 5.82 Å². The minimum absolute atomic E-state index is 0.0855. The highest BCUT2D eigenvalue weighted by Gasteiger charge is 2.27. The number of urea groups is 1. The smallest absolute Gasteiger partial charge is 0.321 e. The van der Waals surface area contributed by atoms with Crippen LogP contribution in [0, 0.1) is 29.0 Å². The first-order chi connectivity index (χ1) is 15.6. The number of amides is 2. The zero-order chi connectivity index (χ0) is 22.3. The normalized spacial score (nSPS) is 21.7. The van der Waals surface area contributed by atoms with Crippen LogP contribution < -0.4 is 5.32 Å². The molecule has 5 nitrogen and oxygen atoms in total. The van der Waals surface area contributed by atoms with Crippen molar-refractivity contribution in [2.45, 2.75) is 32.1 Å². The van der Waals surface area contributed by atoms with Gasteiger partial charge < -0.3 is 15.1 Å². The van der Waals surface area contributed by atoms with Crippen LogP contribution in [0.4, 0.5) is 14.9 Å². The number of benzene rings is 2. The fourth-order valence-electron chi connectivity index (χ4n) is 5.07. The van der Waals surface area contributed by atoms with Crippen LogP contribution in [0.3, 0.4) is 0 Å². The van der Waals surface area contributed by atoms with Crippen LogP contribution in [0.25, 0.3) is 0 Å². The molecule has 2 aromatic rings. The molecule has 0 saturated carbocycles. The molecule has 2 amide bonds. The van der Waals surface area contributed by atoms with Gasteiger partial charge in [-0.15, -0.1) is 0 Å². The fourth-order valence-corrected chi connectivity index (χ4v) is 5.07. The number of nitrogens with one attached hydrogen (secondary N) is 1. The molecule has 0 bridgehead atoms. The zero-order valence-electron chi connectivity index (χ0n) is 18.5. The largest absolute Gasteiger partial charge is 0.324 e. The van der Waals surface area contributed by atoms with Crippen LogP contribution in [-0.2, 0) is 6.42 Å². The number of likely N-dealkylation sites (tertiary alicyclic amines) is 2. The Morgan fingerprint density at radius 1 is 1.06 bits per heavy atom. The number of anilines is 1. The summed E-state index contributed by atoms with van der Waals surface area (Å²) < 4.78 is 13.2. The van der Waals surface area contributed by atoms with E-state index in [9.17, 15) is 9.18 Å². The number of hydrogen-bond acceptors (Lipinski definition) is 3. The summed E-state index contributed by atoms with van der Waals surface area (Å²) in [5.41, 5.74) is 2.41. The molecular formula is C26H31FN4O. The summed E-state index contributed by atoms with van der Waals surface area (Å²) in [5, 5.41) is 12.0. The van der Waals surface area contributed by atoms with Crippen molar-refractivity contribution in [3.8, 4) is 6.07 Å². The summed E-state index contributed by atoms with van der Waals surface area (Å²) >= 11 is 0. The van der Waals surface area contributed by atoms with Crippen molar-refractivity contribution in [3.05, 3.63) is 65.5 Å². The Bertz CT molecular complexity index is 955. The third-order valence-electron chi connectivity index (χ3n) is 6.61. The van der Waals surface area contributed by atoms with Gasteiger partial charge in [-0.1, -0.05) is 18.2 Å². The number of hydrogen-bond donors (Lipinski definition) is 1. The van der Waals surface area contributed by atoms with Crippen LogP contribution >= 0.6 is 0 Å². The Morgan fingerprint density at radius 3 is 2.66 bits per heavy atom. The minimum Gasteiger partial charge on any atom is -0.324 e. The second-order valence-corrected chi connectivity index (χ2v) is 9.18. The van der Waals surface area contributed by atoms with Crippen molar-refractivity contribution in [3.63, 3.8) is 0 Å². The molecule has 168 valence electrons. The minimum atomic E-state index is -0.178. The number of carbonyl (C=O) groups is 1. The van der Waals surface area contributed by atoms with E-state index < -0.39 is 0 Å². The average Bonchev–Trinajstić information content (AvgIpc) is 2.81. The number of piperidine rings is 2. The lowest BCUT2D eigenvalue weighted by Crippen LogP contribution is -2.47. The van der Waals surface area contributed by atoms with Gasteiger partial charge in [-0.2, -0.15) is 5.26 Å². The summed E-state index contributed by atoms with van der Waals surface area (Å²) in [4.78, 5) is 17.2. The summed E-state index contributed by atoms with van der Waals surface area (Å²) in [6.45, 7) is 4.74. The van der Waals surface area contributed by atoms with Crippen molar-refractivity contribution in [2.24, 2.45) is 11.8 Å². The number of halogens is 1. The molecule has 0 aliphatic carbocycles. The molecule has 4 rings (SSSR count). The third kappa shape index (κ3) is 6.08. The van der Waals surface area contributed by atoms with Crippen molar-refractivity contribution < 1.29 is 9.18 Å². The van der Waals surface area contributed by atoms with Crippen LogP contribution in [0.1, 0.15) is 36.8 Å². The first-order valence-corrected chi connectivity index (χ1v) is 11.6. The standard InChI is InChI=1S/C26H31FN4O/c27-24-10-8-20(9-11-24)14-22-5-2-12-30(17-22)18-23-6-3-13-31(19-23)26(32)29-25-7-1-4-21(15-25)16-28/h1,4,7-11,15,22-23H,2-3,5-6,12-14,17-19H2,(H,29,32)/t22-,23?/m0/s1. The lowest BCUT2D eigenvalue weighted by atomic mass is 9.90. The molecule has 6 heteroatoms. The molecule has 0 spiro atoms. The molecule has 1 N–H and O–H groups in total. The highest BCUT2D eigenvalue weighted by atomic mass is 19.1. The molecule has 2 fully saturated rings. The maximum Gasteiger partial charge on any atom is 0.321 e. The van der Waals surface area contributed by atoms with E-state index >= 15 is 0 Å². The van der Waals surface area contributed by atoms with E-state index in [2.05, 4.69) is 16.3 Å². The Balaban J connectivity index is 1.28. The number of nitriles is 1. The number of carbonyl (C=O) groups excluding carboxylic acids is 1. The van der Waals surface area contributed by atoms with E-state index in [-0.39, 0.29) is 11.8 Å². The second-order valence-electron chi connectivity index (χ2n) is 9.18. The summed E-state index contributed by atoms with van der Waals surface area (Å²) in [7, 11) is 0. The van der Waals surface area contributed by atoms with Crippen molar-refractivity contribution in [1.29, 1.82) is 5.26 Å². The molecule has 2 atom stereocenters. The molecule has 1 unspecified atom stereocenters. The summed E-state index contributed by atoms with van der Waals surface area (Å²) in [5.74, 6) is 0.900. The van der Waals surface area contributed by atoms with Gasteiger partial charge in [0.15, 0.2) is 0 Å². The van der Waals surface area contributed by atoms with E-state index in [1.165, 1.54) is 18.4 Å². The van der Waals surface area contributed by atoms with Crippen molar-refractivity contribution in [2.75, 3.05) is 38.0 Å². The van der Waals surface area contributed by atoms with E-state index in [0.717, 1.165) is 52.0 Å². The van der Waals surface area contributed by atoms with Gasteiger partial charge in [-0.05, 0) is 86.4 Å². The summed E-state index contributed by atoms with van der Waals surface area (Å²) in [6.07, 6.45) is 5.57. The molecular weight excluding hydrogens is 403 g/mol. The third-order valence-corrected chi connectivity index (χ3v) is 6.61. The van der Waals surface area contributed by atoms with Gasteiger partial charge in [0.05, 0.1) is 11.6 Å². The van der Waals surface area contributed by atoms with Gasteiger partial charge >= 0.3 is 6.03 Å². The van der Waals surface area contributed by atoms with Gasteiger partial charge in [0.25, 0.3) is 0 Å². The highest BCUT2D eigenvalue weighted by Crippen LogP contribution is 2.25. The molecule has 2 aromatic carbocycles. The fraction of sp³-hybridized carbons (Fsp3) is 0.462. The van der Waals surface area contributed by atoms with Crippen LogP contribution in [0.2, 0.25) is 0 Å². The first kappa shape index (κ1) is 22.3. The Hall–Kier alpha value is -2.91. The van der Waals surface area contributed by atoms with Gasteiger partial charge in [-0.25, -0.2) is 9.18 Å². The van der Waals surface area contributed by atoms with E-state index in [1.54, 1.807) is 30.3 Å². The average molecular weight is 435 g/mol.